The highest BCUT2D eigenvalue weighted by molar-refractivity contribution is 7.17. The van der Waals surface area contributed by atoms with Crippen molar-refractivity contribution in [1.29, 1.82) is 0 Å². The van der Waals surface area contributed by atoms with Crippen LogP contribution in [0.1, 0.15) is 66.8 Å². The van der Waals surface area contributed by atoms with E-state index in [4.69, 9.17) is 5.73 Å². The molecule has 2 N–H and O–H groups in total. The van der Waals surface area contributed by atoms with E-state index >= 15 is 0 Å². The topological polar surface area (TPSA) is 80.5 Å². The first-order valence-electron chi connectivity index (χ1n) is 10.4. The van der Waals surface area contributed by atoms with Crippen molar-refractivity contribution in [2.45, 2.75) is 58.8 Å². The summed E-state index contributed by atoms with van der Waals surface area (Å²) < 4.78 is 0. The van der Waals surface area contributed by atoms with Gasteiger partial charge in [0.1, 0.15) is 5.00 Å². The number of imide groups is 1. The van der Waals surface area contributed by atoms with Crippen molar-refractivity contribution in [3.63, 3.8) is 0 Å². The van der Waals surface area contributed by atoms with Gasteiger partial charge in [-0.25, -0.2) is 4.90 Å². The van der Waals surface area contributed by atoms with Crippen LogP contribution >= 0.6 is 11.3 Å². The Morgan fingerprint density at radius 3 is 2.18 bits per heavy atom. The molecule has 148 valence electrons. The highest BCUT2D eigenvalue weighted by Gasteiger charge is 2.64. The van der Waals surface area contributed by atoms with E-state index in [0.29, 0.717) is 10.6 Å². The molecule has 28 heavy (non-hydrogen) atoms. The molecule has 5 rings (SSSR count). The van der Waals surface area contributed by atoms with Crippen LogP contribution < -0.4 is 10.6 Å². The molecule has 1 aromatic heterocycles. The minimum absolute atomic E-state index is 0.111. The van der Waals surface area contributed by atoms with Crippen LogP contribution in [0.25, 0.3) is 0 Å². The Hall–Kier alpha value is -1.95. The zero-order chi connectivity index (χ0) is 19.7. The van der Waals surface area contributed by atoms with E-state index in [9.17, 15) is 14.4 Å². The number of hydrogen-bond donors (Lipinski definition) is 1. The second kappa shape index (κ2) is 6.28. The van der Waals surface area contributed by atoms with Crippen LogP contribution in [0.15, 0.2) is 11.1 Å². The molecule has 0 unspecified atom stereocenters. The molecule has 3 fully saturated rings. The third-order valence-corrected chi connectivity index (χ3v) is 8.56. The number of allylic oxidation sites excluding steroid dienone is 2. The first-order valence-corrected chi connectivity index (χ1v) is 11.2. The Labute approximate surface area is 169 Å². The predicted molar refractivity (Wildman–Crippen MR) is 108 cm³/mol. The fourth-order valence-corrected chi connectivity index (χ4v) is 7.74. The van der Waals surface area contributed by atoms with E-state index in [1.54, 1.807) is 0 Å². The van der Waals surface area contributed by atoms with Gasteiger partial charge < -0.3 is 5.73 Å². The molecule has 2 bridgehead atoms. The number of amides is 3. The first kappa shape index (κ1) is 18.1. The summed E-state index contributed by atoms with van der Waals surface area (Å²) in [6.45, 7) is 4.19. The number of carbonyl (C=O) groups excluding carboxylic acids is 3. The quantitative estimate of drug-likeness (QED) is 0.470. The Bertz CT molecular complexity index is 908. The fraction of sp³-hybridized carbons (Fsp3) is 0.591. The number of fused-ring (bicyclic) bond motifs is 6. The lowest BCUT2D eigenvalue weighted by Gasteiger charge is -2.19. The van der Waals surface area contributed by atoms with Crippen LogP contribution in [-0.4, -0.2) is 17.7 Å². The third-order valence-electron chi connectivity index (χ3n) is 7.28. The van der Waals surface area contributed by atoms with Crippen molar-refractivity contribution in [1.82, 2.24) is 0 Å². The summed E-state index contributed by atoms with van der Waals surface area (Å²) in [4.78, 5) is 41.7. The summed E-state index contributed by atoms with van der Waals surface area (Å²) in [7, 11) is 0. The number of aryl methyl sites for hydroxylation is 1. The van der Waals surface area contributed by atoms with E-state index < -0.39 is 5.91 Å². The molecule has 6 heteroatoms. The Morgan fingerprint density at radius 1 is 1.00 bits per heavy atom. The van der Waals surface area contributed by atoms with Gasteiger partial charge in [0.05, 0.1) is 17.4 Å². The molecule has 0 spiro atoms. The van der Waals surface area contributed by atoms with Crippen molar-refractivity contribution < 1.29 is 14.4 Å². The number of rotatable bonds is 2. The Balaban J connectivity index is 1.60. The lowest BCUT2D eigenvalue weighted by Crippen LogP contribution is -2.34. The molecule has 2 saturated carbocycles. The first-order chi connectivity index (χ1) is 13.4. The van der Waals surface area contributed by atoms with Crippen molar-refractivity contribution in [3.05, 3.63) is 27.2 Å². The molecular formula is C22H26N2O3S. The van der Waals surface area contributed by atoms with Gasteiger partial charge in [-0.05, 0) is 69.8 Å². The summed E-state index contributed by atoms with van der Waals surface area (Å²) in [5.74, 6) is -0.857. The number of thiophene rings is 1. The molecule has 0 radical (unpaired) electrons. The van der Waals surface area contributed by atoms with Gasteiger partial charge in [0.15, 0.2) is 0 Å². The maximum atomic E-state index is 13.4. The average molecular weight is 399 g/mol. The molecule has 1 aromatic rings. The van der Waals surface area contributed by atoms with Crippen molar-refractivity contribution in [2.75, 3.05) is 4.90 Å². The van der Waals surface area contributed by atoms with Crippen LogP contribution in [0.2, 0.25) is 0 Å². The number of carbonyl (C=O) groups is 3. The molecule has 1 saturated heterocycles. The van der Waals surface area contributed by atoms with Gasteiger partial charge >= 0.3 is 0 Å². The minimum Gasteiger partial charge on any atom is -0.365 e. The van der Waals surface area contributed by atoms with Gasteiger partial charge in [0.2, 0.25) is 11.8 Å². The molecule has 4 aliphatic rings. The zero-order valence-corrected chi connectivity index (χ0v) is 17.2. The number of nitrogens with two attached hydrogens (primary N) is 1. The molecule has 2 heterocycles. The van der Waals surface area contributed by atoms with Gasteiger partial charge in [0, 0.05) is 4.88 Å². The Kier molecular flexibility index (Phi) is 4.06. The van der Waals surface area contributed by atoms with Crippen LogP contribution in [0.4, 0.5) is 5.00 Å². The van der Waals surface area contributed by atoms with Crippen LogP contribution in [0.3, 0.4) is 0 Å². The second-order valence-electron chi connectivity index (χ2n) is 8.92. The number of primary amides is 1. The zero-order valence-electron chi connectivity index (χ0n) is 16.4. The molecule has 0 aromatic carbocycles. The van der Waals surface area contributed by atoms with E-state index in [-0.39, 0.29) is 35.5 Å². The number of anilines is 1. The molecular weight excluding hydrogens is 372 g/mol. The van der Waals surface area contributed by atoms with Crippen molar-refractivity contribution in [3.8, 4) is 0 Å². The summed E-state index contributed by atoms with van der Waals surface area (Å²) in [6, 6.07) is 0. The van der Waals surface area contributed by atoms with E-state index in [1.807, 2.05) is 0 Å². The van der Waals surface area contributed by atoms with Gasteiger partial charge in [-0.2, -0.15) is 0 Å². The molecule has 3 amide bonds. The van der Waals surface area contributed by atoms with Gasteiger partial charge in [0.25, 0.3) is 5.91 Å². The van der Waals surface area contributed by atoms with E-state index in [2.05, 4.69) is 13.8 Å². The summed E-state index contributed by atoms with van der Waals surface area (Å²) in [6.07, 6.45) is 6.91. The SMILES string of the molecule is CC(C)=C1[C@H]2CC[C@H]1[C@H]1C(=O)N(c3sc4c(c3C(N)=O)CCCCC4)C(=O)[C@H]12. The van der Waals surface area contributed by atoms with Crippen LogP contribution in [-0.2, 0) is 22.4 Å². The average Bonchev–Trinajstić information content (AvgIpc) is 3.32. The second-order valence-corrected chi connectivity index (χ2v) is 10.0. The molecule has 1 aliphatic heterocycles. The van der Waals surface area contributed by atoms with Crippen LogP contribution in [0.5, 0.6) is 0 Å². The summed E-state index contributed by atoms with van der Waals surface area (Å²) in [5.41, 5.74) is 9.76. The summed E-state index contributed by atoms with van der Waals surface area (Å²) in [5, 5.41) is 0.502. The standard InChI is InChI=1S/C22H26N2O3S/c1-10(2)15-12-8-9-13(15)17-16(12)20(26)24(21(17)27)22-18(19(23)25)11-6-4-3-5-7-14(11)28-22/h12-13,16-17H,3-9H2,1-2H3,(H2,23,25)/t12-,13-,16-,17+/m1/s1. The predicted octanol–water partition coefficient (Wildman–Crippen LogP) is 3.60. The third kappa shape index (κ3) is 2.27. The Morgan fingerprint density at radius 2 is 1.61 bits per heavy atom. The van der Waals surface area contributed by atoms with Gasteiger partial charge in [-0.3, -0.25) is 14.4 Å². The normalized spacial score (nSPS) is 31.2. The maximum Gasteiger partial charge on any atom is 0.252 e. The van der Waals surface area contributed by atoms with Crippen molar-refractivity contribution in [2.24, 2.45) is 29.4 Å². The lowest BCUT2D eigenvalue weighted by atomic mass is 9.81. The van der Waals surface area contributed by atoms with E-state index in [0.717, 1.165) is 55.4 Å². The monoisotopic (exact) mass is 398 g/mol. The molecule has 5 nitrogen and oxygen atoms in total. The van der Waals surface area contributed by atoms with Gasteiger partial charge in [-0.1, -0.05) is 17.6 Å². The molecule has 4 atom stereocenters. The molecule has 3 aliphatic carbocycles. The fourth-order valence-electron chi connectivity index (χ4n) is 6.33. The van der Waals surface area contributed by atoms with E-state index in [1.165, 1.54) is 27.4 Å². The van der Waals surface area contributed by atoms with Crippen LogP contribution in [0, 0.1) is 23.7 Å². The van der Waals surface area contributed by atoms with Crippen molar-refractivity contribution >= 4 is 34.1 Å². The van der Waals surface area contributed by atoms with Gasteiger partial charge in [-0.15, -0.1) is 11.3 Å². The maximum absolute atomic E-state index is 13.4. The highest BCUT2D eigenvalue weighted by Crippen LogP contribution is 2.61. The largest absolute Gasteiger partial charge is 0.365 e. The summed E-state index contributed by atoms with van der Waals surface area (Å²) >= 11 is 1.45. The lowest BCUT2D eigenvalue weighted by molar-refractivity contribution is -0.122. The number of hydrogen-bond acceptors (Lipinski definition) is 4. The highest BCUT2D eigenvalue weighted by atomic mass is 32.1. The minimum atomic E-state index is -0.514. The number of nitrogens with zero attached hydrogens (tertiary/aromatic N) is 1. The smallest absolute Gasteiger partial charge is 0.252 e.